The number of amides is 3. The monoisotopic (exact) mass is 405 g/mol. The highest BCUT2D eigenvalue weighted by molar-refractivity contribution is 7.18. The van der Waals surface area contributed by atoms with Crippen LogP contribution in [0.15, 0.2) is 36.4 Å². The Hall–Kier alpha value is -2.38. The van der Waals surface area contributed by atoms with Crippen LogP contribution in [0.3, 0.4) is 0 Å². The van der Waals surface area contributed by atoms with Crippen LogP contribution in [0.25, 0.3) is 0 Å². The van der Waals surface area contributed by atoms with Gasteiger partial charge in [0, 0.05) is 29.6 Å². The lowest BCUT2D eigenvalue weighted by Crippen LogP contribution is -2.24. The van der Waals surface area contributed by atoms with Crippen LogP contribution in [0, 0.1) is 5.92 Å². The zero-order valence-corrected chi connectivity index (χ0v) is 16.2. The molecule has 1 saturated carbocycles. The number of benzene rings is 1. The second-order valence-electron chi connectivity index (χ2n) is 6.34. The fourth-order valence-corrected chi connectivity index (χ4v) is 3.34. The third kappa shape index (κ3) is 6.08. The highest BCUT2D eigenvalue weighted by Gasteiger charge is 2.29. The van der Waals surface area contributed by atoms with Gasteiger partial charge in [0.1, 0.15) is 0 Å². The van der Waals surface area contributed by atoms with Gasteiger partial charge in [0.05, 0.1) is 9.88 Å². The van der Waals surface area contributed by atoms with Crippen molar-refractivity contribution in [1.29, 1.82) is 0 Å². The van der Waals surface area contributed by atoms with Crippen molar-refractivity contribution in [3.8, 4) is 0 Å². The SMILES string of the molecule is O=C(CCCNC(=O)c1ccc(NC(=O)C2CC2)s1)Nc1ccc(Cl)cc1. The minimum absolute atomic E-state index is 0.0236. The third-order valence-electron chi connectivity index (χ3n) is 4.02. The molecule has 3 N–H and O–H groups in total. The Morgan fingerprint density at radius 1 is 1.04 bits per heavy atom. The fourth-order valence-electron chi connectivity index (χ4n) is 2.39. The number of carbonyl (C=O) groups excluding carboxylic acids is 3. The Morgan fingerprint density at radius 2 is 1.78 bits per heavy atom. The molecule has 142 valence electrons. The summed E-state index contributed by atoms with van der Waals surface area (Å²) in [6.45, 7) is 0.397. The van der Waals surface area contributed by atoms with Crippen molar-refractivity contribution in [3.05, 3.63) is 46.3 Å². The summed E-state index contributed by atoms with van der Waals surface area (Å²) in [5.41, 5.74) is 0.688. The number of hydrogen-bond acceptors (Lipinski definition) is 4. The number of nitrogens with one attached hydrogen (secondary N) is 3. The van der Waals surface area contributed by atoms with E-state index in [1.807, 2.05) is 0 Å². The predicted octanol–water partition coefficient (Wildman–Crippen LogP) is 3.90. The van der Waals surface area contributed by atoms with Crippen LogP contribution in [0.4, 0.5) is 10.7 Å². The van der Waals surface area contributed by atoms with Crippen molar-refractivity contribution in [2.75, 3.05) is 17.2 Å². The highest BCUT2D eigenvalue weighted by Crippen LogP contribution is 2.31. The van der Waals surface area contributed by atoms with Crippen LogP contribution in [-0.2, 0) is 9.59 Å². The van der Waals surface area contributed by atoms with Gasteiger partial charge in [-0.15, -0.1) is 11.3 Å². The Labute approximate surface area is 166 Å². The Balaban J connectivity index is 1.35. The lowest BCUT2D eigenvalue weighted by atomic mass is 10.2. The highest BCUT2D eigenvalue weighted by atomic mass is 35.5. The molecule has 0 aliphatic heterocycles. The van der Waals surface area contributed by atoms with Gasteiger partial charge < -0.3 is 16.0 Å². The van der Waals surface area contributed by atoms with E-state index >= 15 is 0 Å². The van der Waals surface area contributed by atoms with Crippen LogP contribution in [-0.4, -0.2) is 24.3 Å². The molecule has 6 nitrogen and oxygen atoms in total. The summed E-state index contributed by atoms with van der Waals surface area (Å²) in [7, 11) is 0. The maximum absolute atomic E-state index is 12.1. The molecule has 1 aliphatic carbocycles. The van der Waals surface area contributed by atoms with Crippen LogP contribution in [0.5, 0.6) is 0 Å². The van der Waals surface area contributed by atoms with E-state index < -0.39 is 0 Å². The number of anilines is 2. The summed E-state index contributed by atoms with van der Waals surface area (Å²) in [5, 5.41) is 9.68. The van der Waals surface area contributed by atoms with Crippen LogP contribution in [0.2, 0.25) is 5.02 Å². The van der Waals surface area contributed by atoms with Crippen molar-refractivity contribution in [2.45, 2.75) is 25.7 Å². The van der Waals surface area contributed by atoms with Crippen LogP contribution >= 0.6 is 22.9 Å². The molecule has 1 aromatic heterocycles. The number of carbonyl (C=O) groups is 3. The molecule has 1 aromatic carbocycles. The van der Waals surface area contributed by atoms with Gasteiger partial charge in [0.15, 0.2) is 0 Å². The van der Waals surface area contributed by atoms with Crippen LogP contribution < -0.4 is 16.0 Å². The lowest BCUT2D eigenvalue weighted by molar-refractivity contribution is -0.117. The first-order valence-electron chi connectivity index (χ1n) is 8.75. The van der Waals surface area contributed by atoms with Gasteiger partial charge in [-0.25, -0.2) is 0 Å². The summed E-state index contributed by atoms with van der Waals surface area (Å²) in [6.07, 6.45) is 2.71. The first kappa shape index (κ1) is 19.4. The predicted molar refractivity (Wildman–Crippen MR) is 107 cm³/mol. The maximum atomic E-state index is 12.1. The first-order chi connectivity index (χ1) is 13.0. The Bertz CT molecular complexity index is 831. The fraction of sp³-hybridized carbons (Fsp3) is 0.316. The molecule has 0 spiro atoms. The lowest BCUT2D eigenvalue weighted by Gasteiger charge is -2.06. The molecule has 3 rings (SSSR count). The summed E-state index contributed by atoms with van der Waals surface area (Å²) in [6, 6.07) is 10.3. The molecule has 1 fully saturated rings. The quantitative estimate of drug-likeness (QED) is 0.582. The minimum Gasteiger partial charge on any atom is -0.351 e. The molecule has 3 amide bonds. The van der Waals surface area contributed by atoms with E-state index in [0.717, 1.165) is 12.8 Å². The standard InChI is InChI=1S/C19H20ClN3O3S/c20-13-5-7-14(8-6-13)22-16(24)2-1-11-21-19(26)15-9-10-17(27-15)23-18(25)12-3-4-12/h5-10,12H,1-4,11H2,(H,21,26)(H,22,24)(H,23,25). The number of rotatable bonds is 8. The minimum atomic E-state index is -0.204. The molecule has 0 bridgehead atoms. The molecule has 8 heteroatoms. The van der Waals surface area contributed by atoms with E-state index in [-0.39, 0.29) is 23.6 Å². The third-order valence-corrected chi connectivity index (χ3v) is 5.27. The molecule has 0 unspecified atom stereocenters. The van der Waals surface area contributed by atoms with E-state index in [4.69, 9.17) is 11.6 Å². The molecule has 0 saturated heterocycles. The average molecular weight is 406 g/mol. The molecule has 2 aromatic rings. The van der Waals surface area contributed by atoms with E-state index in [1.54, 1.807) is 36.4 Å². The molecular formula is C19H20ClN3O3S. The van der Waals surface area contributed by atoms with E-state index in [1.165, 1.54) is 11.3 Å². The first-order valence-corrected chi connectivity index (χ1v) is 9.95. The summed E-state index contributed by atoms with van der Waals surface area (Å²) >= 11 is 7.05. The largest absolute Gasteiger partial charge is 0.351 e. The average Bonchev–Trinajstić information content (AvgIpc) is 3.40. The van der Waals surface area contributed by atoms with Gasteiger partial charge in [0.2, 0.25) is 11.8 Å². The van der Waals surface area contributed by atoms with E-state index in [0.29, 0.717) is 40.0 Å². The number of hydrogen-bond donors (Lipinski definition) is 3. The molecular weight excluding hydrogens is 386 g/mol. The van der Waals surface area contributed by atoms with E-state index in [9.17, 15) is 14.4 Å². The Morgan fingerprint density at radius 3 is 2.48 bits per heavy atom. The molecule has 1 heterocycles. The van der Waals surface area contributed by atoms with Crippen molar-refractivity contribution >= 4 is 51.3 Å². The molecule has 27 heavy (non-hydrogen) atoms. The second kappa shape index (κ2) is 9.01. The number of halogens is 1. The second-order valence-corrected chi connectivity index (χ2v) is 7.86. The number of thiophene rings is 1. The summed E-state index contributed by atoms with van der Waals surface area (Å²) in [4.78, 5) is 36.3. The van der Waals surface area contributed by atoms with Crippen molar-refractivity contribution in [2.24, 2.45) is 5.92 Å². The van der Waals surface area contributed by atoms with E-state index in [2.05, 4.69) is 16.0 Å². The molecule has 1 aliphatic rings. The normalized spacial score (nSPS) is 13.1. The van der Waals surface area contributed by atoms with Gasteiger partial charge in [-0.1, -0.05) is 11.6 Å². The molecule has 0 atom stereocenters. The van der Waals surface area contributed by atoms with Crippen molar-refractivity contribution in [1.82, 2.24) is 5.32 Å². The smallest absolute Gasteiger partial charge is 0.261 e. The van der Waals surface area contributed by atoms with Gasteiger partial charge >= 0.3 is 0 Å². The van der Waals surface area contributed by atoms with Crippen LogP contribution in [0.1, 0.15) is 35.4 Å². The van der Waals surface area contributed by atoms with Gasteiger partial charge in [-0.3, -0.25) is 14.4 Å². The van der Waals surface area contributed by atoms with Crippen molar-refractivity contribution in [3.63, 3.8) is 0 Å². The zero-order valence-electron chi connectivity index (χ0n) is 14.6. The summed E-state index contributed by atoms with van der Waals surface area (Å²) in [5.74, 6) is -0.170. The summed E-state index contributed by atoms with van der Waals surface area (Å²) < 4.78 is 0. The molecule has 0 radical (unpaired) electrons. The van der Waals surface area contributed by atoms with Gasteiger partial charge in [-0.2, -0.15) is 0 Å². The van der Waals surface area contributed by atoms with Gasteiger partial charge in [0.25, 0.3) is 5.91 Å². The topological polar surface area (TPSA) is 87.3 Å². The van der Waals surface area contributed by atoms with Crippen molar-refractivity contribution < 1.29 is 14.4 Å². The zero-order chi connectivity index (χ0) is 19.2. The Kier molecular flexibility index (Phi) is 6.47. The maximum Gasteiger partial charge on any atom is 0.261 e. The van der Waals surface area contributed by atoms with Gasteiger partial charge in [-0.05, 0) is 55.7 Å².